The van der Waals surface area contributed by atoms with E-state index in [1.165, 1.54) is 0 Å². The molecule has 2 heteroatoms. The summed E-state index contributed by atoms with van der Waals surface area (Å²) in [6.45, 7) is 6.11. The molecule has 0 radical (unpaired) electrons. The maximum absolute atomic E-state index is 11.8. The lowest BCUT2D eigenvalue weighted by Crippen LogP contribution is -2.14. The first-order chi connectivity index (χ1) is 9.61. The number of carbonyl (C=O) groups excluding carboxylic acids is 1. The second-order valence-corrected chi connectivity index (χ2v) is 4.94. The minimum Gasteiger partial charge on any atom is -0.458 e. The molecule has 1 rings (SSSR count). The second kappa shape index (κ2) is 9.13. The Labute approximate surface area is 122 Å². The fourth-order valence-corrected chi connectivity index (χ4v) is 1.80. The van der Waals surface area contributed by atoms with Crippen LogP contribution in [0.3, 0.4) is 0 Å². The summed E-state index contributed by atoms with van der Waals surface area (Å²) in [7, 11) is 0. The van der Waals surface area contributed by atoms with Gasteiger partial charge in [-0.2, -0.15) is 0 Å². The lowest BCUT2D eigenvalue weighted by Gasteiger charge is -2.10. The molecule has 1 aromatic rings. The molecule has 0 saturated heterocycles. The van der Waals surface area contributed by atoms with Crippen LogP contribution in [0, 0.1) is 5.92 Å². The van der Waals surface area contributed by atoms with E-state index < -0.39 is 0 Å². The molecule has 0 spiro atoms. The predicted molar refractivity (Wildman–Crippen MR) is 83.4 cm³/mol. The normalized spacial score (nSPS) is 14.6. The van der Waals surface area contributed by atoms with Crippen LogP contribution in [0.2, 0.25) is 0 Å². The van der Waals surface area contributed by atoms with E-state index >= 15 is 0 Å². The van der Waals surface area contributed by atoms with Crippen LogP contribution in [0.15, 0.2) is 54.6 Å². The Morgan fingerprint density at radius 2 is 1.85 bits per heavy atom. The van der Waals surface area contributed by atoms with Gasteiger partial charge in [-0.05, 0) is 30.9 Å². The molecular weight excluding hydrogens is 248 g/mol. The van der Waals surface area contributed by atoms with Crippen LogP contribution < -0.4 is 0 Å². The zero-order valence-electron chi connectivity index (χ0n) is 12.6. The van der Waals surface area contributed by atoms with E-state index in [0.717, 1.165) is 12.0 Å². The Bertz CT molecular complexity index is 446. The topological polar surface area (TPSA) is 26.3 Å². The Kier molecular flexibility index (Phi) is 7.41. The van der Waals surface area contributed by atoms with E-state index in [4.69, 9.17) is 4.74 Å². The standard InChI is InChI=1S/C18H24O2/c1-4-5-9-15(2)12-13-16(3)20-18(19)14-17-10-7-6-8-11-17/h5-13,15-16H,4,14H2,1-3H3/b9-5+,13-12+. The van der Waals surface area contributed by atoms with Gasteiger partial charge in [0.15, 0.2) is 0 Å². The molecule has 0 aromatic heterocycles. The number of allylic oxidation sites excluding steroid dienone is 3. The van der Waals surface area contributed by atoms with Crippen molar-refractivity contribution in [2.75, 3.05) is 0 Å². The third-order valence-corrected chi connectivity index (χ3v) is 2.87. The maximum atomic E-state index is 11.8. The number of esters is 1. The molecule has 0 aliphatic rings. The molecular formula is C18H24O2. The van der Waals surface area contributed by atoms with Crippen molar-refractivity contribution in [2.24, 2.45) is 5.92 Å². The van der Waals surface area contributed by atoms with Gasteiger partial charge in [-0.25, -0.2) is 0 Å². The lowest BCUT2D eigenvalue weighted by atomic mass is 10.1. The van der Waals surface area contributed by atoms with Crippen molar-refractivity contribution in [3.63, 3.8) is 0 Å². The number of hydrogen-bond acceptors (Lipinski definition) is 2. The SMILES string of the molecule is CC/C=C/C(C)/C=C/C(C)OC(=O)Cc1ccccc1. The highest BCUT2D eigenvalue weighted by molar-refractivity contribution is 5.72. The molecule has 2 nitrogen and oxygen atoms in total. The molecule has 2 unspecified atom stereocenters. The third kappa shape index (κ3) is 6.93. The molecule has 0 aliphatic heterocycles. The van der Waals surface area contributed by atoms with E-state index in [-0.39, 0.29) is 12.1 Å². The van der Waals surface area contributed by atoms with Crippen molar-refractivity contribution in [2.45, 2.75) is 39.7 Å². The van der Waals surface area contributed by atoms with Crippen molar-refractivity contribution >= 4 is 5.97 Å². The largest absolute Gasteiger partial charge is 0.458 e. The quantitative estimate of drug-likeness (QED) is 0.546. The van der Waals surface area contributed by atoms with Gasteiger partial charge in [-0.3, -0.25) is 4.79 Å². The first-order valence-corrected chi connectivity index (χ1v) is 7.20. The third-order valence-electron chi connectivity index (χ3n) is 2.87. The van der Waals surface area contributed by atoms with Crippen LogP contribution in [0.5, 0.6) is 0 Å². The first-order valence-electron chi connectivity index (χ1n) is 7.20. The molecule has 0 amide bonds. The van der Waals surface area contributed by atoms with Gasteiger partial charge in [0.1, 0.15) is 6.10 Å². The van der Waals surface area contributed by atoms with Crippen LogP contribution in [-0.4, -0.2) is 12.1 Å². The molecule has 0 bridgehead atoms. The average molecular weight is 272 g/mol. The van der Waals surface area contributed by atoms with Gasteiger partial charge >= 0.3 is 5.97 Å². The number of benzene rings is 1. The number of rotatable bonds is 7. The van der Waals surface area contributed by atoms with E-state index in [2.05, 4.69) is 32.1 Å². The van der Waals surface area contributed by atoms with Gasteiger partial charge in [0.05, 0.1) is 6.42 Å². The zero-order valence-corrected chi connectivity index (χ0v) is 12.6. The maximum Gasteiger partial charge on any atom is 0.310 e. The highest BCUT2D eigenvalue weighted by atomic mass is 16.5. The molecule has 1 aromatic carbocycles. The average Bonchev–Trinajstić information content (AvgIpc) is 2.43. The van der Waals surface area contributed by atoms with Crippen LogP contribution in [0.25, 0.3) is 0 Å². The molecule has 0 N–H and O–H groups in total. The van der Waals surface area contributed by atoms with Crippen LogP contribution in [0.4, 0.5) is 0 Å². The van der Waals surface area contributed by atoms with Gasteiger partial charge in [0.2, 0.25) is 0 Å². The fourth-order valence-electron chi connectivity index (χ4n) is 1.80. The summed E-state index contributed by atoms with van der Waals surface area (Å²) >= 11 is 0. The summed E-state index contributed by atoms with van der Waals surface area (Å²) in [4.78, 5) is 11.8. The first kappa shape index (κ1) is 16.2. The van der Waals surface area contributed by atoms with Gasteiger partial charge in [-0.1, -0.05) is 62.4 Å². The van der Waals surface area contributed by atoms with Crippen molar-refractivity contribution < 1.29 is 9.53 Å². The summed E-state index contributed by atoms with van der Waals surface area (Å²) in [5.74, 6) is 0.176. The van der Waals surface area contributed by atoms with Crippen LogP contribution >= 0.6 is 0 Å². The highest BCUT2D eigenvalue weighted by Crippen LogP contribution is 2.06. The summed E-state index contributed by atoms with van der Waals surface area (Å²) < 4.78 is 5.36. The molecule has 0 heterocycles. The Balaban J connectivity index is 2.38. The summed E-state index contributed by atoms with van der Waals surface area (Å²) in [5.41, 5.74) is 0.980. The van der Waals surface area contributed by atoms with E-state index in [9.17, 15) is 4.79 Å². The van der Waals surface area contributed by atoms with Crippen molar-refractivity contribution in [1.82, 2.24) is 0 Å². The zero-order chi connectivity index (χ0) is 14.8. The Hall–Kier alpha value is -1.83. The monoisotopic (exact) mass is 272 g/mol. The van der Waals surface area contributed by atoms with E-state index in [0.29, 0.717) is 12.3 Å². The highest BCUT2D eigenvalue weighted by Gasteiger charge is 2.07. The van der Waals surface area contributed by atoms with E-state index in [1.54, 1.807) is 0 Å². The van der Waals surface area contributed by atoms with Crippen LogP contribution in [-0.2, 0) is 16.0 Å². The molecule has 108 valence electrons. The molecule has 0 aliphatic carbocycles. The lowest BCUT2D eigenvalue weighted by molar-refractivity contribution is -0.145. The number of hydrogen-bond donors (Lipinski definition) is 0. The van der Waals surface area contributed by atoms with Gasteiger partial charge in [0, 0.05) is 0 Å². The minimum atomic E-state index is -0.191. The fraction of sp³-hybridized carbons (Fsp3) is 0.389. The minimum absolute atomic E-state index is 0.190. The van der Waals surface area contributed by atoms with E-state index in [1.807, 2.05) is 43.3 Å². The Morgan fingerprint density at radius 1 is 1.15 bits per heavy atom. The van der Waals surface area contributed by atoms with Crippen LogP contribution in [0.1, 0.15) is 32.8 Å². The van der Waals surface area contributed by atoms with Crippen molar-refractivity contribution in [1.29, 1.82) is 0 Å². The molecule has 20 heavy (non-hydrogen) atoms. The molecule has 0 saturated carbocycles. The smallest absolute Gasteiger partial charge is 0.310 e. The number of ether oxygens (including phenoxy) is 1. The van der Waals surface area contributed by atoms with Gasteiger partial charge in [0.25, 0.3) is 0 Å². The number of carbonyl (C=O) groups is 1. The van der Waals surface area contributed by atoms with Crippen molar-refractivity contribution in [3.8, 4) is 0 Å². The second-order valence-electron chi connectivity index (χ2n) is 4.94. The Morgan fingerprint density at radius 3 is 2.50 bits per heavy atom. The summed E-state index contributed by atoms with van der Waals surface area (Å²) in [6.07, 6.45) is 9.46. The predicted octanol–water partition coefficient (Wildman–Crippen LogP) is 4.32. The molecule has 0 fully saturated rings. The summed E-state index contributed by atoms with van der Waals surface area (Å²) in [6, 6.07) is 9.64. The summed E-state index contributed by atoms with van der Waals surface area (Å²) in [5, 5.41) is 0. The van der Waals surface area contributed by atoms with Crippen molar-refractivity contribution in [3.05, 3.63) is 60.2 Å². The van der Waals surface area contributed by atoms with Gasteiger partial charge in [-0.15, -0.1) is 0 Å². The van der Waals surface area contributed by atoms with Gasteiger partial charge < -0.3 is 4.74 Å². The molecule has 2 atom stereocenters.